The summed E-state index contributed by atoms with van der Waals surface area (Å²) in [5.74, 6) is -0.785. The number of imide groups is 2. The number of carbonyl (C=O) groups excluding carboxylic acids is 7. The molecular formula is C44H38N8O12. The second kappa shape index (κ2) is 15.3. The van der Waals surface area contributed by atoms with Crippen LogP contribution >= 0.6 is 0 Å². The first-order chi connectivity index (χ1) is 30.6. The van der Waals surface area contributed by atoms with Gasteiger partial charge in [0.15, 0.2) is 16.9 Å². The molecule has 8 heterocycles. The van der Waals surface area contributed by atoms with Gasteiger partial charge in [-0.25, -0.2) is 9.59 Å². The van der Waals surface area contributed by atoms with E-state index in [1.54, 1.807) is 61.5 Å². The fourth-order valence-corrected chi connectivity index (χ4v) is 8.45. The minimum Gasteiger partial charge on any atom is -0.497 e. The highest BCUT2D eigenvalue weighted by Gasteiger charge is 2.54. The largest absolute Gasteiger partial charge is 0.497 e. The van der Waals surface area contributed by atoms with Gasteiger partial charge in [0.05, 0.1) is 44.5 Å². The number of amides is 8. The summed E-state index contributed by atoms with van der Waals surface area (Å²) in [6.45, 7) is 3.17. The van der Waals surface area contributed by atoms with E-state index >= 15 is 0 Å². The van der Waals surface area contributed by atoms with Crippen LogP contribution in [0.4, 0.5) is 9.59 Å². The molecule has 0 radical (unpaired) electrons. The molecule has 10 rings (SSSR count). The van der Waals surface area contributed by atoms with Crippen molar-refractivity contribution < 1.29 is 57.0 Å². The van der Waals surface area contributed by atoms with Crippen molar-refractivity contribution in [2.24, 2.45) is 0 Å². The van der Waals surface area contributed by atoms with Gasteiger partial charge in [0.25, 0.3) is 23.6 Å². The quantitative estimate of drug-likeness (QED) is 0.0978. The van der Waals surface area contributed by atoms with E-state index in [1.165, 1.54) is 49.4 Å². The SMILES string of the molecule is COc1ccc2c(c1)C(=O)N(C[C@@]1(c3cc4c(C(C)=O)nccc4o3)NC(=O)NC1=O)C2.COc1ccc2c(c1)C(=O)N(C[C@@]1(c3cc4c(C(C)O)nccc4o3)NC(=O)NC1=O)C2. The Morgan fingerprint density at radius 2 is 1.19 bits per heavy atom. The van der Waals surface area contributed by atoms with Crippen molar-refractivity contribution in [3.8, 4) is 11.5 Å². The number of fused-ring (bicyclic) bond motifs is 4. The molecule has 4 aromatic heterocycles. The van der Waals surface area contributed by atoms with Gasteiger partial charge in [-0.2, -0.15) is 0 Å². The zero-order valence-electron chi connectivity index (χ0n) is 34.6. The average Bonchev–Trinajstić information content (AvgIpc) is 4.13. The van der Waals surface area contributed by atoms with Gasteiger partial charge in [-0.05, 0) is 66.6 Å². The smallest absolute Gasteiger partial charge is 0.322 e. The lowest BCUT2D eigenvalue weighted by atomic mass is 9.95. The minimum atomic E-state index is -1.66. The van der Waals surface area contributed by atoms with E-state index in [-0.39, 0.29) is 61.0 Å². The summed E-state index contributed by atoms with van der Waals surface area (Å²) in [7, 11) is 3.03. The van der Waals surface area contributed by atoms with Crippen molar-refractivity contribution in [1.29, 1.82) is 0 Å². The summed E-state index contributed by atoms with van der Waals surface area (Å²) in [6, 6.07) is 15.3. The first-order valence-electron chi connectivity index (χ1n) is 19.8. The Morgan fingerprint density at radius 3 is 1.62 bits per heavy atom. The van der Waals surface area contributed by atoms with E-state index in [0.29, 0.717) is 50.3 Å². The van der Waals surface area contributed by atoms with E-state index < -0.39 is 41.1 Å². The van der Waals surface area contributed by atoms with E-state index in [0.717, 1.165) is 11.1 Å². The molecule has 326 valence electrons. The predicted molar refractivity (Wildman–Crippen MR) is 221 cm³/mol. The van der Waals surface area contributed by atoms with Gasteiger partial charge in [0.2, 0.25) is 0 Å². The fraction of sp³-hybridized carbons (Fsp3) is 0.250. The van der Waals surface area contributed by atoms with Crippen LogP contribution in [-0.2, 0) is 33.8 Å². The molecular weight excluding hydrogens is 833 g/mol. The third-order valence-electron chi connectivity index (χ3n) is 11.6. The zero-order valence-corrected chi connectivity index (χ0v) is 34.6. The van der Waals surface area contributed by atoms with Gasteiger partial charge in [0, 0.05) is 48.9 Å². The molecule has 4 aliphatic rings. The Hall–Kier alpha value is -8.13. The molecule has 5 N–H and O–H groups in total. The van der Waals surface area contributed by atoms with Crippen molar-refractivity contribution in [3.63, 3.8) is 0 Å². The molecule has 2 fully saturated rings. The van der Waals surface area contributed by atoms with E-state index in [4.69, 9.17) is 18.3 Å². The summed E-state index contributed by atoms with van der Waals surface area (Å²) < 4.78 is 22.2. The van der Waals surface area contributed by atoms with Crippen molar-refractivity contribution in [2.45, 2.75) is 44.1 Å². The maximum atomic E-state index is 13.1. The van der Waals surface area contributed by atoms with E-state index in [2.05, 4.69) is 31.2 Å². The summed E-state index contributed by atoms with van der Waals surface area (Å²) in [5.41, 5.74) is 0.549. The Bertz CT molecular complexity index is 3010. The number of rotatable bonds is 10. The van der Waals surface area contributed by atoms with E-state index in [1.807, 2.05) is 0 Å². The lowest BCUT2D eigenvalue weighted by Crippen LogP contribution is -2.52. The number of aromatic nitrogens is 2. The molecule has 0 saturated carbocycles. The normalized spacial score (nSPS) is 20.4. The first kappa shape index (κ1) is 41.2. The number of aliphatic hydroxyl groups excluding tert-OH is 1. The lowest BCUT2D eigenvalue weighted by Gasteiger charge is -2.29. The number of methoxy groups -OCH3 is 2. The van der Waals surface area contributed by atoms with Crippen molar-refractivity contribution in [1.82, 2.24) is 41.0 Å². The van der Waals surface area contributed by atoms with Crippen LogP contribution in [-0.4, -0.2) is 93.7 Å². The molecule has 1 unspecified atom stereocenters. The number of aliphatic hydroxyl groups is 1. The molecule has 0 spiro atoms. The standard InChI is InChI=1S/C22H20N4O6.C22H18N4O6/c2*1-11(27)18-15-8-17(32-16(15)5-6-23-18)22(20(29)24-21(30)25-22)10-26-9-12-3-4-13(31-2)7-14(12)19(26)28/h3-8,11,27H,9-10H2,1-2H3,(H2,24,25,29,30);3-8H,9-10H2,1-2H3,(H2,24,25,29,30)/t11?,22-;22-/m00/s1. The van der Waals surface area contributed by atoms with Crippen molar-refractivity contribution >= 4 is 63.4 Å². The number of hydrogen-bond acceptors (Lipinski definition) is 14. The van der Waals surface area contributed by atoms with Crippen LogP contribution in [0, 0.1) is 0 Å². The zero-order chi connectivity index (χ0) is 45.2. The third kappa shape index (κ3) is 6.70. The van der Waals surface area contributed by atoms with Crippen LogP contribution in [0.15, 0.2) is 81.9 Å². The van der Waals surface area contributed by atoms with Crippen LogP contribution in [0.5, 0.6) is 11.5 Å². The third-order valence-corrected chi connectivity index (χ3v) is 11.6. The number of ketones is 1. The summed E-state index contributed by atoms with van der Waals surface area (Å²) >= 11 is 0. The van der Waals surface area contributed by atoms with Crippen LogP contribution in [0.25, 0.3) is 21.9 Å². The molecule has 20 nitrogen and oxygen atoms in total. The number of carbonyl (C=O) groups is 7. The highest BCUT2D eigenvalue weighted by molar-refractivity contribution is 6.10. The first-order valence-corrected chi connectivity index (χ1v) is 19.8. The fourth-order valence-electron chi connectivity index (χ4n) is 8.45. The second-order valence-corrected chi connectivity index (χ2v) is 15.6. The van der Waals surface area contributed by atoms with Crippen LogP contribution in [0.2, 0.25) is 0 Å². The number of nitrogens with zero attached hydrogens (tertiary/aromatic N) is 4. The second-order valence-electron chi connectivity index (χ2n) is 15.6. The number of benzene rings is 2. The minimum absolute atomic E-state index is 0.104. The number of furan rings is 2. The highest BCUT2D eigenvalue weighted by atomic mass is 16.5. The maximum absolute atomic E-state index is 13.1. The summed E-state index contributed by atoms with van der Waals surface area (Å²) in [5, 5.41) is 20.7. The van der Waals surface area contributed by atoms with Gasteiger partial charge in [-0.3, -0.25) is 44.6 Å². The number of nitrogens with one attached hydrogen (secondary N) is 4. The van der Waals surface area contributed by atoms with Crippen molar-refractivity contribution in [3.05, 3.63) is 118 Å². The molecule has 0 bridgehead atoms. The Kier molecular flexibility index (Phi) is 9.89. The molecule has 20 heteroatoms. The van der Waals surface area contributed by atoms with Crippen LogP contribution in [0.3, 0.4) is 0 Å². The van der Waals surface area contributed by atoms with Crippen LogP contribution < -0.4 is 30.7 Å². The van der Waals surface area contributed by atoms with Gasteiger partial charge in [-0.1, -0.05) is 12.1 Å². The van der Waals surface area contributed by atoms with Gasteiger partial charge >= 0.3 is 12.1 Å². The molecule has 64 heavy (non-hydrogen) atoms. The molecule has 2 aromatic carbocycles. The molecule has 8 amide bonds. The van der Waals surface area contributed by atoms with Crippen molar-refractivity contribution in [2.75, 3.05) is 27.3 Å². The monoisotopic (exact) mass is 870 g/mol. The molecule has 4 aliphatic heterocycles. The number of urea groups is 2. The Labute approximate surface area is 361 Å². The summed E-state index contributed by atoms with van der Waals surface area (Å²) in [4.78, 5) is 99.6. The molecule has 2 saturated heterocycles. The molecule has 3 atom stereocenters. The molecule has 6 aromatic rings. The molecule has 0 aliphatic carbocycles. The number of pyridine rings is 2. The Morgan fingerprint density at radius 1 is 0.719 bits per heavy atom. The number of Topliss-reactive ketones (excluding diaryl/α,β-unsaturated/α-hetero) is 1. The van der Waals surface area contributed by atoms with Gasteiger partial charge < -0.3 is 43.8 Å². The predicted octanol–water partition coefficient (Wildman–Crippen LogP) is 3.31. The topological polar surface area (TPSA) is 265 Å². The van der Waals surface area contributed by atoms with E-state index in [9.17, 15) is 38.7 Å². The lowest BCUT2D eigenvalue weighted by molar-refractivity contribution is -0.126. The van der Waals surface area contributed by atoms with Gasteiger partial charge in [-0.15, -0.1) is 0 Å². The average molecular weight is 871 g/mol. The summed E-state index contributed by atoms with van der Waals surface area (Å²) in [6.07, 6.45) is 2.06. The Balaban J connectivity index is 0.000000162. The number of ether oxygens (including phenoxy) is 2. The highest BCUT2D eigenvalue weighted by Crippen LogP contribution is 2.38. The van der Waals surface area contributed by atoms with Crippen LogP contribution in [0.1, 0.15) is 79.5 Å². The van der Waals surface area contributed by atoms with Gasteiger partial charge in [0.1, 0.15) is 39.9 Å². The number of hydrogen-bond donors (Lipinski definition) is 5. The maximum Gasteiger partial charge on any atom is 0.322 e.